The van der Waals surface area contributed by atoms with Crippen LogP contribution >= 0.6 is 0 Å². The van der Waals surface area contributed by atoms with Gasteiger partial charge in [-0.2, -0.15) is 0 Å². The summed E-state index contributed by atoms with van der Waals surface area (Å²) in [6, 6.07) is 2.89. The molecule has 1 N–H and O–H groups in total. The van der Waals surface area contributed by atoms with E-state index < -0.39 is 0 Å². The van der Waals surface area contributed by atoms with E-state index in [9.17, 15) is 0 Å². The zero-order chi connectivity index (χ0) is 13.7. The van der Waals surface area contributed by atoms with Crippen LogP contribution in [-0.4, -0.2) is 11.6 Å². The highest BCUT2D eigenvalue weighted by molar-refractivity contribution is 5.18. The Hall–Kier alpha value is -0.760. The van der Waals surface area contributed by atoms with E-state index in [1.165, 1.54) is 50.6 Å². The molecule has 0 amide bonds. The molecule has 0 aromatic carbocycles. The normalized spacial score (nSPS) is 18.5. The fraction of sp³-hybridized carbons (Fsp3) is 0.765. The summed E-state index contributed by atoms with van der Waals surface area (Å²) in [6.07, 6.45) is 12.8. The van der Waals surface area contributed by atoms with E-state index in [4.69, 9.17) is 0 Å². The minimum absolute atomic E-state index is 0.581. The van der Waals surface area contributed by atoms with E-state index in [2.05, 4.69) is 49.2 Å². The predicted octanol–water partition coefficient (Wildman–Crippen LogP) is 4.38. The molecule has 2 nitrogen and oxygen atoms in total. The highest BCUT2D eigenvalue weighted by Gasteiger charge is 2.31. The number of unbranched alkanes of at least 4 members (excludes halogenated alkanes) is 1. The van der Waals surface area contributed by atoms with Crippen molar-refractivity contribution in [1.82, 2.24) is 9.88 Å². The highest BCUT2D eigenvalue weighted by Crippen LogP contribution is 2.40. The van der Waals surface area contributed by atoms with Crippen molar-refractivity contribution in [2.24, 2.45) is 11.8 Å². The van der Waals surface area contributed by atoms with Gasteiger partial charge in [0.2, 0.25) is 0 Å². The number of hydrogen-bond acceptors (Lipinski definition) is 1. The van der Waals surface area contributed by atoms with Crippen LogP contribution in [-0.2, 0) is 6.54 Å². The van der Waals surface area contributed by atoms with Gasteiger partial charge in [-0.05, 0) is 49.8 Å². The molecule has 108 valence electrons. The van der Waals surface area contributed by atoms with Crippen LogP contribution in [0, 0.1) is 11.8 Å². The average molecular weight is 262 g/mol. The third kappa shape index (κ3) is 4.10. The lowest BCUT2D eigenvalue weighted by Gasteiger charge is -2.16. The van der Waals surface area contributed by atoms with Gasteiger partial charge in [0, 0.05) is 25.0 Å². The first kappa shape index (κ1) is 14.6. The summed E-state index contributed by atoms with van der Waals surface area (Å²) in [4.78, 5) is 0. The van der Waals surface area contributed by atoms with E-state index in [1.807, 2.05) is 0 Å². The number of aromatic nitrogens is 1. The number of hydrogen-bond donors (Lipinski definition) is 1. The van der Waals surface area contributed by atoms with Crippen LogP contribution in [0.5, 0.6) is 0 Å². The van der Waals surface area contributed by atoms with Crippen LogP contribution in [0.3, 0.4) is 0 Å². The van der Waals surface area contributed by atoms with Gasteiger partial charge >= 0.3 is 0 Å². The molecule has 19 heavy (non-hydrogen) atoms. The van der Waals surface area contributed by atoms with Crippen LogP contribution in [0.15, 0.2) is 18.5 Å². The second-order valence-corrected chi connectivity index (χ2v) is 6.16. The van der Waals surface area contributed by atoms with Crippen molar-refractivity contribution < 1.29 is 0 Å². The first-order valence-corrected chi connectivity index (χ1v) is 8.11. The molecule has 2 rings (SSSR count). The van der Waals surface area contributed by atoms with Crippen LogP contribution < -0.4 is 5.32 Å². The lowest BCUT2D eigenvalue weighted by molar-refractivity contribution is 0.390. The molecule has 1 aliphatic rings. The molecule has 2 atom stereocenters. The first-order chi connectivity index (χ1) is 9.28. The SMILES string of the molecule is CCCCC(CC)Cn1ccc(C(NC)C2CC2)c1. The van der Waals surface area contributed by atoms with Crippen molar-refractivity contribution in [3.8, 4) is 0 Å². The Morgan fingerprint density at radius 1 is 1.37 bits per heavy atom. The minimum Gasteiger partial charge on any atom is -0.354 e. The summed E-state index contributed by atoms with van der Waals surface area (Å²) in [5.74, 6) is 1.72. The number of nitrogens with zero attached hydrogens (tertiary/aromatic N) is 1. The smallest absolute Gasteiger partial charge is 0.0361 e. The third-order valence-electron chi connectivity index (χ3n) is 4.55. The van der Waals surface area contributed by atoms with Gasteiger partial charge in [0.05, 0.1) is 0 Å². The zero-order valence-corrected chi connectivity index (χ0v) is 12.9. The second-order valence-electron chi connectivity index (χ2n) is 6.16. The maximum absolute atomic E-state index is 3.48. The van der Waals surface area contributed by atoms with Gasteiger partial charge in [-0.25, -0.2) is 0 Å². The third-order valence-corrected chi connectivity index (χ3v) is 4.55. The van der Waals surface area contributed by atoms with E-state index in [1.54, 1.807) is 0 Å². The Bertz CT molecular complexity index is 365. The maximum atomic E-state index is 3.48. The van der Waals surface area contributed by atoms with Gasteiger partial charge in [-0.1, -0.05) is 33.1 Å². The van der Waals surface area contributed by atoms with Gasteiger partial charge in [-0.3, -0.25) is 0 Å². The van der Waals surface area contributed by atoms with Crippen LogP contribution in [0.25, 0.3) is 0 Å². The molecule has 0 aliphatic heterocycles. The molecule has 1 aromatic rings. The topological polar surface area (TPSA) is 17.0 Å². The molecular weight excluding hydrogens is 232 g/mol. The Balaban J connectivity index is 1.91. The molecule has 1 saturated carbocycles. The monoisotopic (exact) mass is 262 g/mol. The summed E-state index contributed by atoms with van der Waals surface area (Å²) in [5.41, 5.74) is 1.48. The van der Waals surface area contributed by atoms with Crippen molar-refractivity contribution in [3.63, 3.8) is 0 Å². The van der Waals surface area contributed by atoms with Gasteiger partial charge in [0.1, 0.15) is 0 Å². The van der Waals surface area contributed by atoms with Gasteiger partial charge in [0.15, 0.2) is 0 Å². The molecule has 1 fully saturated rings. The molecule has 0 spiro atoms. The molecule has 2 unspecified atom stereocenters. The molecule has 0 radical (unpaired) electrons. The van der Waals surface area contributed by atoms with Crippen molar-refractivity contribution in [1.29, 1.82) is 0 Å². The maximum Gasteiger partial charge on any atom is 0.0361 e. The quantitative estimate of drug-likeness (QED) is 0.699. The fourth-order valence-electron chi connectivity index (χ4n) is 3.08. The lowest BCUT2D eigenvalue weighted by atomic mass is 9.99. The van der Waals surface area contributed by atoms with E-state index >= 15 is 0 Å². The van der Waals surface area contributed by atoms with Crippen LogP contribution in [0.2, 0.25) is 0 Å². The summed E-state index contributed by atoms with van der Waals surface area (Å²) >= 11 is 0. The fourth-order valence-corrected chi connectivity index (χ4v) is 3.08. The van der Waals surface area contributed by atoms with Gasteiger partial charge in [-0.15, -0.1) is 0 Å². The molecule has 1 aromatic heterocycles. The van der Waals surface area contributed by atoms with E-state index in [0.29, 0.717) is 6.04 Å². The largest absolute Gasteiger partial charge is 0.354 e. The van der Waals surface area contributed by atoms with E-state index in [-0.39, 0.29) is 0 Å². The van der Waals surface area contributed by atoms with Crippen LogP contribution in [0.4, 0.5) is 0 Å². The summed E-state index contributed by atoms with van der Waals surface area (Å²) in [5, 5.41) is 3.48. The van der Waals surface area contributed by atoms with Gasteiger partial charge < -0.3 is 9.88 Å². The second kappa shape index (κ2) is 7.14. The van der Waals surface area contributed by atoms with Crippen molar-refractivity contribution in [2.75, 3.05) is 7.05 Å². The zero-order valence-electron chi connectivity index (χ0n) is 12.9. The molecule has 1 heterocycles. The highest BCUT2D eigenvalue weighted by atomic mass is 15.0. The molecule has 0 saturated heterocycles. The molecule has 0 bridgehead atoms. The Kier molecular flexibility index (Phi) is 5.50. The Morgan fingerprint density at radius 3 is 2.74 bits per heavy atom. The van der Waals surface area contributed by atoms with Crippen molar-refractivity contribution in [2.45, 2.75) is 65.0 Å². The van der Waals surface area contributed by atoms with Crippen molar-refractivity contribution in [3.05, 3.63) is 24.0 Å². The Labute approximate surface area is 118 Å². The standard InChI is InChI=1S/C17H30N2/c1-4-6-7-14(5-2)12-19-11-10-16(13-19)17(18-3)15-8-9-15/h10-11,13-15,17-18H,4-9,12H2,1-3H3. The minimum atomic E-state index is 0.581. The van der Waals surface area contributed by atoms with Crippen LogP contribution in [0.1, 0.15) is 64.0 Å². The van der Waals surface area contributed by atoms with Gasteiger partial charge in [0.25, 0.3) is 0 Å². The summed E-state index contributed by atoms with van der Waals surface area (Å²) < 4.78 is 2.41. The molecule has 1 aliphatic carbocycles. The average Bonchev–Trinajstić information content (AvgIpc) is 3.15. The molecule has 2 heteroatoms. The van der Waals surface area contributed by atoms with E-state index in [0.717, 1.165) is 11.8 Å². The molecular formula is C17H30N2. The summed E-state index contributed by atoms with van der Waals surface area (Å²) in [7, 11) is 2.09. The first-order valence-electron chi connectivity index (χ1n) is 8.11. The number of nitrogens with one attached hydrogen (secondary N) is 1. The lowest BCUT2D eigenvalue weighted by Crippen LogP contribution is -2.17. The summed E-state index contributed by atoms with van der Waals surface area (Å²) in [6.45, 7) is 5.80. The predicted molar refractivity (Wildman–Crippen MR) is 82.3 cm³/mol. The van der Waals surface area contributed by atoms with Crippen molar-refractivity contribution >= 4 is 0 Å². The number of rotatable bonds is 9. The Morgan fingerprint density at radius 2 is 2.16 bits per heavy atom.